The summed E-state index contributed by atoms with van der Waals surface area (Å²) in [5.74, 6) is -1.90. The summed E-state index contributed by atoms with van der Waals surface area (Å²) in [6, 6.07) is 10.1. The quantitative estimate of drug-likeness (QED) is 0.0343. The summed E-state index contributed by atoms with van der Waals surface area (Å²) in [7, 11) is -3.98. The molecule has 0 aliphatic carbocycles. The van der Waals surface area contributed by atoms with E-state index in [0.29, 0.717) is 18.6 Å². The molecule has 0 aromatic heterocycles. The van der Waals surface area contributed by atoms with Crippen LogP contribution in [0.3, 0.4) is 0 Å². The summed E-state index contributed by atoms with van der Waals surface area (Å²) in [5.41, 5.74) is 1.04. The van der Waals surface area contributed by atoms with E-state index in [-0.39, 0.29) is 33.2 Å². The molecule has 0 bridgehead atoms. The lowest BCUT2D eigenvalue weighted by atomic mass is 9.95. The van der Waals surface area contributed by atoms with Crippen LogP contribution in [0, 0.1) is 17.0 Å². The van der Waals surface area contributed by atoms with E-state index < -0.39 is 47.3 Å². The number of hydrogen-bond donors (Lipinski definition) is 0. The van der Waals surface area contributed by atoms with Crippen LogP contribution in [0.15, 0.2) is 64.6 Å². The maximum atomic E-state index is 14.0. The number of methoxy groups -OCH3 is 2. The number of rotatable bonds is 12. The summed E-state index contributed by atoms with van der Waals surface area (Å²) in [6.07, 6.45) is 0.531. The molecule has 234 valence electrons. The van der Waals surface area contributed by atoms with Gasteiger partial charge >= 0.3 is 11.9 Å². The number of nitrogens with zero attached hydrogens (tertiary/aromatic N) is 2. The van der Waals surface area contributed by atoms with Gasteiger partial charge in [-0.15, -0.1) is 0 Å². The van der Waals surface area contributed by atoms with E-state index in [4.69, 9.17) is 13.9 Å². The molecule has 2 aromatic carbocycles. The molecule has 1 aliphatic rings. The van der Waals surface area contributed by atoms with Crippen molar-refractivity contribution in [3.05, 3.63) is 80.9 Å². The lowest BCUT2D eigenvalue weighted by molar-refractivity contribution is -0.384. The minimum Gasteiger partial charge on any atom is -0.465 e. The largest absolute Gasteiger partial charge is 0.465 e. The second-order valence-electron chi connectivity index (χ2n) is 12.0. The van der Waals surface area contributed by atoms with Crippen LogP contribution in [0.25, 0.3) is 0 Å². The normalized spacial score (nSPS) is 18.5. The van der Waals surface area contributed by atoms with Crippen LogP contribution in [0.5, 0.6) is 0 Å². The summed E-state index contributed by atoms with van der Waals surface area (Å²) < 4.78 is 45.4. The van der Waals surface area contributed by atoms with Gasteiger partial charge in [0.25, 0.3) is 5.69 Å². The average Bonchev–Trinajstić information content (AvgIpc) is 3.70. The molecule has 1 heterocycles. The Balaban J connectivity index is 2.14. The van der Waals surface area contributed by atoms with Crippen molar-refractivity contribution in [2.24, 2.45) is 0 Å². The lowest BCUT2D eigenvalue weighted by Crippen LogP contribution is -2.41. The van der Waals surface area contributed by atoms with Crippen LogP contribution in [0.1, 0.15) is 50.8 Å². The molecule has 13 heteroatoms. The van der Waals surface area contributed by atoms with E-state index in [1.54, 1.807) is 12.1 Å². The number of sulfonamides is 1. The van der Waals surface area contributed by atoms with Gasteiger partial charge in [0.05, 0.1) is 36.1 Å². The number of hydrogen-bond acceptors (Lipinski definition) is 9. The molecule has 0 amide bonds. The predicted molar refractivity (Wildman–Crippen MR) is 163 cm³/mol. The zero-order valence-electron chi connectivity index (χ0n) is 25.9. The number of benzene rings is 2. The Morgan fingerprint density at radius 2 is 1.51 bits per heavy atom. The Morgan fingerprint density at radius 1 is 0.977 bits per heavy atom. The SMILES string of the molecule is COC(=O)C(C(=O)OC)=C(CCCO[Si](C)(C)C(C)(C)C)[C@@H]1[C@H](c2ccc([N+](=O)[O-])cc2)N1S(=O)(=O)c1ccc(C)cc1. The van der Waals surface area contributed by atoms with E-state index >= 15 is 0 Å². The average molecular weight is 633 g/mol. The molecule has 0 spiro atoms. The summed E-state index contributed by atoms with van der Waals surface area (Å²) in [5, 5.41) is 11.2. The van der Waals surface area contributed by atoms with E-state index in [1.165, 1.54) is 40.7 Å². The fourth-order valence-electron chi connectivity index (χ4n) is 4.59. The Bertz CT molecular complexity index is 1480. The number of carbonyl (C=O) groups is 2. The highest BCUT2D eigenvalue weighted by molar-refractivity contribution is 7.89. The second kappa shape index (κ2) is 13.1. The summed E-state index contributed by atoms with van der Waals surface area (Å²) in [4.78, 5) is 36.7. The molecular formula is C30H40N2O9SSi. The molecule has 1 aliphatic heterocycles. The van der Waals surface area contributed by atoms with E-state index in [0.717, 1.165) is 19.8 Å². The first-order chi connectivity index (χ1) is 20.0. The molecule has 11 nitrogen and oxygen atoms in total. The van der Waals surface area contributed by atoms with Crippen molar-refractivity contribution in [3.63, 3.8) is 0 Å². The Morgan fingerprint density at radius 3 is 1.98 bits per heavy atom. The Labute approximate surface area is 254 Å². The predicted octanol–water partition coefficient (Wildman–Crippen LogP) is 5.46. The van der Waals surface area contributed by atoms with Crippen LogP contribution in [-0.2, 0) is 33.5 Å². The highest BCUT2D eigenvalue weighted by Gasteiger charge is 2.59. The van der Waals surface area contributed by atoms with Gasteiger partial charge in [-0.05, 0) is 61.2 Å². The second-order valence-corrected chi connectivity index (χ2v) is 18.6. The first-order valence-corrected chi connectivity index (χ1v) is 18.2. The molecule has 2 aromatic rings. The number of non-ortho nitro benzene ring substituents is 1. The topological polar surface area (TPSA) is 142 Å². The van der Waals surface area contributed by atoms with Crippen molar-refractivity contribution in [2.45, 2.75) is 75.6 Å². The van der Waals surface area contributed by atoms with Crippen LogP contribution < -0.4 is 0 Å². The molecule has 0 N–H and O–H groups in total. The molecular weight excluding hydrogens is 592 g/mol. The molecule has 3 atom stereocenters. The third kappa shape index (κ3) is 7.40. The van der Waals surface area contributed by atoms with Crippen molar-refractivity contribution in [1.29, 1.82) is 0 Å². The molecule has 1 fully saturated rings. The number of esters is 2. The number of aryl methyl sites for hydroxylation is 1. The van der Waals surface area contributed by atoms with Crippen LogP contribution in [-0.4, -0.2) is 64.8 Å². The maximum Gasteiger partial charge on any atom is 0.345 e. The minimum atomic E-state index is -4.14. The fraction of sp³-hybridized carbons (Fsp3) is 0.467. The van der Waals surface area contributed by atoms with Gasteiger partial charge < -0.3 is 13.9 Å². The van der Waals surface area contributed by atoms with Gasteiger partial charge in [0.15, 0.2) is 8.32 Å². The minimum absolute atomic E-state index is 0.0332. The fourth-order valence-corrected chi connectivity index (χ4v) is 7.42. The van der Waals surface area contributed by atoms with Crippen molar-refractivity contribution < 1.29 is 36.8 Å². The highest BCUT2D eigenvalue weighted by atomic mass is 32.2. The number of ether oxygens (including phenoxy) is 2. The van der Waals surface area contributed by atoms with E-state index in [1.807, 2.05) is 6.92 Å². The molecule has 1 unspecified atom stereocenters. The summed E-state index contributed by atoms with van der Waals surface area (Å²) in [6.45, 7) is 12.7. The van der Waals surface area contributed by atoms with Gasteiger partial charge in [0.2, 0.25) is 10.0 Å². The number of nitro groups is 1. The first kappa shape index (κ1) is 34.1. The Kier molecular flexibility index (Phi) is 10.4. The number of carbonyl (C=O) groups excluding carboxylic acids is 2. The highest BCUT2D eigenvalue weighted by Crippen LogP contribution is 2.53. The molecule has 0 radical (unpaired) electrons. The first-order valence-electron chi connectivity index (χ1n) is 13.9. The van der Waals surface area contributed by atoms with Gasteiger partial charge in [-0.2, -0.15) is 4.31 Å². The van der Waals surface area contributed by atoms with Gasteiger partial charge in [-0.25, -0.2) is 18.0 Å². The molecule has 1 saturated heterocycles. The van der Waals surface area contributed by atoms with Crippen LogP contribution in [0.2, 0.25) is 18.1 Å². The molecule has 43 heavy (non-hydrogen) atoms. The zero-order valence-corrected chi connectivity index (χ0v) is 27.7. The van der Waals surface area contributed by atoms with Gasteiger partial charge in [-0.3, -0.25) is 10.1 Å². The van der Waals surface area contributed by atoms with Gasteiger partial charge in [0, 0.05) is 18.7 Å². The Hall–Kier alpha value is -3.39. The van der Waals surface area contributed by atoms with Crippen LogP contribution in [0.4, 0.5) is 5.69 Å². The summed E-state index contributed by atoms with van der Waals surface area (Å²) >= 11 is 0. The molecule has 0 saturated carbocycles. The maximum absolute atomic E-state index is 14.0. The lowest BCUT2D eigenvalue weighted by Gasteiger charge is -2.36. The van der Waals surface area contributed by atoms with Crippen molar-refractivity contribution >= 4 is 36.0 Å². The number of nitro benzene ring substituents is 1. The van der Waals surface area contributed by atoms with E-state index in [2.05, 4.69) is 33.9 Å². The third-order valence-electron chi connectivity index (χ3n) is 8.12. The monoisotopic (exact) mass is 632 g/mol. The standard InChI is InChI=1S/C30H40N2O9SSi/c1-20-11-17-23(18-12-20)42(37,38)31-26(21-13-15-22(16-14-21)32(35)36)27(31)24(25(28(33)39-5)29(34)40-6)10-9-19-41-43(7,8)30(2,3)4/h11-18,26-27H,9-10,19H2,1-8H3/t26-,27+,31?/m0/s1. The van der Waals surface area contributed by atoms with Crippen molar-refractivity contribution in [3.8, 4) is 0 Å². The van der Waals surface area contributed by atoms with Crippen molar-refractivity contribution in [1.82, 2.24) is 4.31 Å². The zero-order chi connectivity index (χ0) is 32.3. The van der Waals surface area contributed by atoms with Gasteiger partial charge in [0.1, 0.15) is 5.57 Å². The van der Waals surface area contributed by atoms with Crippen molar-refractivity contribution in [2.75, 3.05) is 20.8 Å². The molecule has 3 rings (SSSR count). The van der Waals surface area contributed by atoms with E-state index in [9.17, 15) is 28.1 Å². The third-order valence-corrected chi connectivity index (χ3v) is 14.5. The van der Waals surface area contributed by atoms with Crippen LogP contribution >= 0.6 is 0 Å². The van der Waals surface area contributed by atoms with Gasteiger partial charge in [-0.1, -0.05) is 50.6 Å². The smallest absolute Gasteiger partial charge is 0.345 e.